The first-order valence-corrected chi connectivity index (χ1v) is 6.98. The van der Waals surface area contributed by atoms with Crippen LogP contribution in [0, 0.1) is 6.92 Å². The molecule has 0 aromatic carbocycles. The third-order valence-electron chi connectivity index (χ3n) is 4.01. The monoisotopic (exact) mass is 280 g/mol. The lowest BCUT2D eigenvalue weighted by Crippen LogP contribution is -2.57. The number of aryl methyl sites for hydroxylation is 1. The van der Waals surface area contributed by atoms with Gasteiger partial charge in [-0.05, 0) is 19.8 Å². The molecule has 3 N–H and O–H groups in total. The molecule has 1 aromatic rings. The molecule has 1 fully saturated rings. The van der Waals surface area contributed by atoms with Gasteiger partial charge in [0, 0.05) is 12.7 Å². The maximum absolute atomic E-state index is 12.4. The van der Waals surface area contributed by atoms with E-state index in [2.05, 4.69) is 10.4 Å². The van der Waals surface area contributed by atoms with Crippen molar-refractivity contribution in [3.63, 3.8) is 0 Å². The number of aromatic nitrogens is 2. The second kappa shape index (κ2) is 5.28. The minimum Gasteiger partial charge on any atom is -0.391 e. The van der Waals surface area contributed by atoms with Gasteiger partial charge >= 0.3 is 0 Å². The fourth-order valence-corrected chi connectivity index (χ4v) is 2.85. The maximum Gasteiger partial charge on any atom is 0.255 e. The third-order valence-corrected chi connectivity index (χ3v) is 4.40. The summed E-state index contributed by atoms with van der Waals surface area (Å²) in [6, 6.07) is 0. The van der Waals surface area contributed by atoms with E-state index in [1.54, 1.807) is 10.9 Å². The molecule has 1 aromatic heterocycles. The largest absolute Gasteiger partial charge is 0.391 e. The predicted octanol–water partition coefficient (Wildman–Crippen LogP) is 1.45. The molecule has 0 atom stereocenters. The second-order valence-electron chi connectivity index (χ2n) is 5.23. The van der Waals surface area contributed by atoms with Crippen molar-refractivity contribution in [3.8, 4) is 0 Å². The minimum absolute atomic E-state index is 0.139. The van der Waals surface area contributed by atoms with Crippen molar-refractivity contribution < 1.29 is 4.79 Å². The summed E-state index contributed by atoms with van der Waals surface area (Å²) in [5, 5.41) is 7.13. The number of amides is 1. The fourth-order valence-electron chi connectivity index (χ4n) is 2.59. The van der Waals surface area contributed by atoms with Crippen molar-refractivity contribution in [2.45, 2.75) is 44.6 Å². The number of rotatable bonds is 3. The fraction of sp³-hybridized carbons (Fsp3) is 0.615. The number of hydrogen-bond donors (Lipinski definition) is 2. The van der Waals surface area contributed by atoms with Crippen molar-refractivity contribution in [2.24, 2.45) is 12.8 Å². The molecule has 0 radical (unpaired) electrons. The van der Waals surface area contributed by atoms with Crippen molar-refractivity contribution in [1.82, 2.24) is 15.1 Å². The SMILES string of the molecule is Cc1c(C(=O)NC2(C(N)=S)CCCCC2)cnn1C. The molecular formula is C13H20N4OS. The smallest absolute Gasteiger partial charge is 0.255 e. The Hall–Kier alpha value is -1.43. The quantitative estimate of drug-likeness (QED) is 0.822. The van der Waals surface area contributed by atoms with Gasteiger partial charge in [0.25, 0.3) is 5.91 Å². The first-order chi connectivity index (χ1) is 8.96. The summed E-state index contributed by atoms with van der Waals surface area (Å²) < 4.78 is 1.68. The standard InChI is InChI=1S/C13H20N4OS/c1-9-10(8-15-17(9)2)11(18)16-13(12(14)19)6-4-3-5-7-13/h8H,3-7H2,1-2H3,(H2,14,19)(H,16,18). The molecule has 19 heavy (non-hydrogen) atoms. The van der Waals surface area contributed by atoms with Crippen molar-refractivity contribution in [1.29, 1.82) is 0 Å². The third kappa shape index (κ3) is 2.63. The van der Waals surface area contributed by atoms with E-state index in [1.807, 2.05) is 14.0 Å². The molecule has 0 spiro atoms. The average Bonchev–Trinajstić information content (AvgIpc) is 2.71. The van der Waals surface area contributed by atoms with E-state index in [0.717, 1.165) is 31.4 Å². The van der Waals surface area contributed by atoms with Crippen LogP contribution < -0.4 is 11.1 Å². The predicted molar refractivity (Wildman–Crippen MR) is 78.0 cm³/mol. The van der Waals surface area contributed by atoms with Crippen LogP contribution in [0.2, 0.25) is 0 Å². The van der Waals surface area contributed by atoms with Crippen LogP contribution in [0.1, 0.15) is 48.2 Å². The van der Waals surface area contributed by atoms with E-state index in [-0.39, 0.29) is 5.91 Å². The maximum atomic E-state index is 12.4. The summed E-state index contributed by atoms with van der Waals surface area (Å²) in [6.07, 6.45) is 6.50. The number of nitrogens with one attached hydrogen (secondary N) is 1. The highest BCUT2D eigenvalue weighted by Gasteiger charge is 2.37. The van der Waals surface area contributed by atoms with Crippen molar-refractivity contribution >= 4 is 23.1 Å². The number of carbonyl (C=O) groups is 1. The van der Waals surface area contributed by atoms with Crippen LogP contribution in [0.3, 0.4) is 0 Å². The molecule has 2 rings (SSSR count). The Morgan fingerprint density at radius 3 is 2.58 bits per heavy atom. The number of thiocarbonyl (C=S) groups is 1. The van der Waals surface area contributed by atoms with E-state index >= 15 is 0 Å². The summed E-state index contributed by atoms with van der Waals surface area (Å²) in [6.45, 7) is 1.87. The van der Waals surface area contributed by atoms with Gasteiger partial charge in [-0.15, -0.1) is 0 Å². The van der Waals surface area contributed by atoms with Crippen LogP contribution in [0.4, 0.5) is 0 Å². The van der Waals surface area contributed by atoms with E-state index in [4.69, 9.17) is 18.0 Å². The molecule has 0 saturated heterocycles. The number of hydrogen-bond acceptors (Lipinski definition) is 3. The van der Waals surface area contributed by atoms with Crippen LogP contribution in [0.15, 0.2) is 6.20 Å². The molecule has 6 heteroatoms. The molecule has 0 unspecified atom stereocenters. The van der Waals surface area contributed by atoms with E-state index in [1.165, 1.54) is 6.42 Å². The van der Waals surface area contributed by atoms with Gasteiger partial charge in [0.05, 0.1) is 22.3 Å². The highest BCUT2D eigenvalue weighted by molar-refractivity contribution is 7.80. The van der Waals surface area contributed by atoms with E-state index in [9.17, 15) is 4.79 Å². The molecule has 1 saturated carbocycles. The molecule has 1 heterocycles. The Morgan fingerprint density at radius 1 is 1.47 bits per heavy atom. The van der Waals surface area contributed by atoms with Crippen molar-refractivity contribution in [2.75, 3.05) is 0 Å². The molecule has 104 valence electrons. The zero-order valence-corrected chi connectivity index (χ0v) is 12.2. The first-order valence-electron chi connectivity index (χ1n) is 6.57. The molecule has 1 aliphatic rings. The van der Waals surface area contributed by atoms with Crippen LogP contribution in [-0.2, 0) is 7.05 Å². The Morgan fingerprint density at radius 2 is 2.11 bits per heavy atom. The molecule has 1 amide bonds. The van der Waals surface area contributed by atoms with Gasteiger partial charge < -0.3 is 11.1 Å². The summed E-state index contributed by atoms with van der Waals surface area (Å²) in [5.41, 5.74) is 6.77. The second-order valence-corrected chi connectivity index (χ2v) is 5.67. The Balaban J connectivity index is 2.20. The van der Waals surface area contributed by atoms with Gasteiger partial charge in [-0.3, -0.25) is 9.48 Å². The summed E-state index contributed by atoms with van der Waals surface area (Å²) >= 11 is 5.18. The van der Waals surface area contributed by atoms with Crippen LogP contribution in [-0.4, -0.2) is 26.2 Å². The Bertz CT molecular complexity index is 503. The zero-order chi connectivity index (χ0) is 14.0. The average molecular weight is 280 g/mol. The Labute approximate surface area is 118 Å². The summed E-state index contributed by atoms with van der Waals surface area (Å²) in [7, 11) is 1.82. The van der Waals surface area contributed by atoms with Gasteiger partial charge in [0.15, 0.2) is 0 Å². The Kier molecular flexibility index (Phi) is 3.89. The highest BCUT2D eigenvalue weighted by atomic mass is 32.1. The van der Waals surface area contributed by atoms with Gasteiger partial charge in [0.1, 0.15) is 0 Å². The lowest BCUT2D eigenvalue weighted by molar-refractivity contribution is 0.0907. The molecule has 5 nitrogen and oxygen atoms in total. The number of nitrogens with zero attached hydrogens (tertiary/aromatic N) is 2. The van der Waals surface area contributed by atoms with Gasteiger partial charge in [-0.1, -0.05) is 31.5 Å². The minimum atomic E-state index is -0.521. The van der Waals surface area contributed by atoms with Crippen LogP contribution in [0.25, 0.3) is 0 Å². The lowest BCUT2D eigenvalue weighted by Gasteiger charge is -2.37. The lowest BCUT2D eigenvalue weighted by atomic mass is 9.81. The normalized spacial score (nSPS) is 18.0. The summed E-state index contributed by atoms with van der Waals surface area (Å²) in [5.74, 6) is -0.139. The van der Waals surface area contributed by atoms with Crippen LogP contribution in [0.5, 0.6) is 0 Å². The van der Waals surface area contributed by atoms with E-state index < -0.39 is 5.54 Å². The molecular weight excluding hydrogens is 260 g/mol. The van der Waals surface area contributed by atoms with Gasteiger partial charge in [0.2, 0.25) is 0 Å². The first kappa shape index (κ1) is 14.0. The zero-order valence-electron chi connectivity index (χ0n) is 11.4. The number of nitrogens with two attached hydrogens (primary N) is 1. The molecule has 0 bridgehead atoms. The molecule has 1 aliphatic carbocycles. The van der Waals surface area contributed by atoms with Crippen molar-refractivity contribution in [3.05, 3.63) is 17.5 Å². The molecule has 0 aliphatic heterocycles. The summed E-state index contributed by atoms with van der Waals surface area (Å²) in [4.78, 5) is 12.8. The topological polar surface area (TPSA) is 72.9 Å². The number of carbonyl (C=O) groups excluding carboxylic acids is 1. The van der Waals surface area contributed by atoms with Gasteiger partial charge in [-0.25, -0.2) is 0 Å². The van der Waals surface area contributed by atoms with Crippen LogP contribution >= 0.6 is 12.2 Å². The van der Waals surface area contributed by atoms with Gasteiger partial charge in [-0.2, -0.15) is 5.10 Å². The van der Waals surface area contributed by atoms with E-state index in [0.29, 0.717) is 10.6 Å². The highest BCUT2D eigenvalue weighted by Crippen LogP contribution is 2.29.